The predicted molar refractivity (Wildman–Crippen MR) is 74.5 cm³/mol. The average Bonchev–Trinajstić information content (AvgIpc) is 2.41. The van der Waals surface area contributed by atoms with Gasteiger partial charge in [0.05, 0.1) is 0 Å². The monoisotopic (exact) mass is 264 g/mol. The molecule has 3 atom stereocenters. The number of nitrogens with zero attached hydrogens (tertiary/aromatic N) is 1. The van der Waals surface area contributed by atoms with Gasteiger partial charge in [-0.1, -0.05) is 31.0 Å². The minimum absolute atomic E-state index is 0.445. The normalized spacial score (nSPS) is 37.2. The van der Waals surface area contributed by atoms with Crippen molar-refractivity contribution in [2.24, 2.45) is 5.92 Å². The summed E-state index contributed by atoms with van der Waals surface area (Å²) in [5.74, 6) is 0.675. The van der Waals surface area contributed by atoms with Crippen molar-refractivity contribution >= 4 is 13.1 Å². The predicted octanol–water partition coefficient (Wildman–Crippen LogP) is 1.53. The molecule has 2 aliphatic rings. The molecule has 1 aliphatic carbocycles. The van der Waals surface area contributed by atoms with Gasteiger partial charge >= 0.3 is 0 Å². The van der Waals surface area contributed by atoms with Crippen molar-refractivity contribution in [2.45, 2.75) is 31.7 Å². The van der Waals surface area contributed by atoms with Gasteiger partial charge in [-0.05, 0) is 30.9 Å². The van der Waals surface area contributed by atoms with Gasteiger partial charge in [0.15, 0.2) is 0 Å². The first-order chi connectivity index (χ1) is 8.70. The van der Waals surface area contributed by atoms with E-state index < -0.39 is 7.79 Å². The molecule has 0 spiro atoms. The molecule has 2 fully saturated rings. The van der Waals surface area contributed by atoms with Crippen LogP contribution >= 0.6 is 7.79 Å². The summed E-state index contributed by atoms with van der Waals surface area (Å²) in [6.07, 6.45) is 5.05. The molecule has 0 amide bonds. The highest BCUT2D eigenvalue weighted by Gasteiger charge is 2.45. The fraction of sp³-hybridized carbons (Fsp3) is 0.571. The van der Waals surface area contributed by atoms with Crippen LogP contribution in [0.5, 0.6) is 0 Å². The highest BCUT2D eigenvalue weighted by Crippen LogP contribution is 2.53. The van der Waals surface area contributed by atoms with E-state index in [-0.39, 0.29) is 0 Å². The van der Waals surface area contributed by atoms with Crippen LogP contribution < -0.4 is 15.3 Å². The second kappa shape index (κ2) is 4.90. The Labute approximate surface area is 110 Å². The lowest BCUT2D eigenvalue weighted by Crippen LogP contribution is -2.57. The zero-order chi connectivity index (χ0) is 12.6. The molecular weight excluding hydrogens is 243 g/mol. The largest absolute Gasteiger partial charge is 0.647 e. The number of hydrogen-bond donors (Lipinski definition) is 1. The van der Waals surface area contributed by atoms with Crippen molar-refractivity contribution in [2.75, 3.05) is 13.6 Å². The number of fused-ring (bicyclic) bond motifs is 1. The van der Waals surface area contributed by atoms with E-state index >= 15 is 0 Å². The van der Waals surface area contributed by atoms with Gasteiger partial charge in [-0.15, -0.1) is 0 Å². The average molecular weight is 264 g/mol. The Morgan fingerprint density at radius 2 is 1.94 bits per heavy atom. The zero-order valence-corrected chi connectivity index (χ0v) is 11.8. The van der Waals surface area contributed by atoms with Crippen LogP contribution in [0.2, 0.25) is 0 Å². The Balaban J connectivity index is 1.87. The SMILES string of the molecule is CN1C[C@H]2CCCC[C@@H]2N[P+]1([O-])c1ccccc1. The Morgan fingerprint density at radius 1 is 1.22 bits per heavy atom. The molecule has 3 rings (SSSR count). The summed E-state index contributed by atoms with van der Waals surface area (Å²) < 4.78 is 2.05. The van der Waals surface area contributed by atoms with Crippen molar-refractivity contribution < 1.29 is 4.89 Å². The second-order valence-electron chi connectivity index (χ2n) is 5.53. The van der Waals surface area contributed by atoms with E-state index in [0.717, 1.165) is 11.8 Å². The van der Waals surface area contributed by atoms with Crippen LogP contribution in [0.15, 0.2) is 30.3 Å². The Morgan fingerprint density at radius 3 is 2.72 bits per heavy atom. The summed E-state index contributed by atoms with van der Waals surface area (Å²) in [7, 11) is -0.571. The van der Waals surface area contributed by atoms with Crippen LogP contribution in [-0.2, 0) is 0 Å². The first kappa shape index (κ1) is 12.6. The maximum Gasteiger partial charge on any atom is 0.138 e. The maximum absolute atomic E-state index is 13.2. The van der Waals surface area contributed by atoms with Crippen molar-refractivity contribution in [3.05, 3.63) is 30.3 Å². The molecule has 1 aliphatic heterocycles. The van der Waals surface area contributed by atoms with Gasteiger partial charge in [0.2, 0.25) is 0 Å². The van der Waals surface area contributed by atoms with Crippen molar-refractivity contribution in [3.63, 3.8) is 0 Å². The summed E-state index contributed by atoms with van der Waals surface area (Å²) in [4.78, 5) is 13.2. The summed E-state index contributed by atoms with van der Waals surface area (Å²) in [6.45, 7) is 0.962. The Bertz CT molecular complexity index is 414. The van der Waals surface area contributed by atoms with Crippen LogP contribution in [0, 0.1) is 5.92 Å². The van der Waals surface area contributed by atoms with E-state index in [1.165, 1.54) is 25.7 Å². The van der Waals surface area contributed by atoms with Crippen LogP contribution in [0.3, 0.4) is 0 Å². The molecule has 1 aromatic rings. The third kappa shape index (κ3) is 2.10. The number of benzene rings is 1. The van der Waals surface area contributed by atoms with Gasteiger partial charge < -0.3 is 4.89 Å². The van der Waals surface area contributed by atoms with Crippen molar-refractivity contribution in [1.82, 2.24) is 9.76 Å². The van der Waals surface area contributed by atoms with Crippen molar-refractivity contribution in [3.8, 4) is 0 Å². The zero-order valence-electron chi connectivity index (χ0n) is 10.9. The molecular formula is C14H21N2OP. The van der Waals surface area contributed by atoms with E-state index in [1.54, 1.807) is 0 Å². The first-order valence-electron chi connectivity index (χ1n) is 6.85. The number of nitrogens with one attached hydrogen (secondary N) is 1. The molecule has 18 heavy (non-hydrogen) atoms. The summed E-state index contributed by atoms with van der Waals surface area (Å²) in [6, 6.07) is 10.3. The third-order valence-electron chi connectivity index (χ3n) is 4.34. The first-order valence-corrected chi connectivity index (χ1v) is 8.51. The molecule has 1 heterocycles. The third-order valence-corrected chi connectivity index (χ3v) is 7.14. The van der Waals surface area contributed by atoms with E-state index in [4.69, 9.17) is 0 Å². The molecule has 1 saturated carbocycles. The van der Waals surface area contributed by atoms with Gasteiger partial charge in [-0.3, -0.25) is 0 Å². The van der Waals surface area contributed by atoms with Crippen molar-refractivity contribution in [1.29, 1.82) is 0 Å². The smallest absolute Gasteiger partial charge is 0.138 e. The molecule has 1 saturated heterocycles. The van der Waals surface area contributed by atoms with Gasteiger partial charge in [0.1, 0.15) is 13.1 Å². The van der Waals surface area contributed by atoms with Gasteiger partial charge in [0.25, 0.3) is 0 Å². The van der Waals surface area contributed by atoms with E-state index in [0.29, 0.717) is 12.0 Å². The minimum Gasteiger partial charge on any atom is -0.647 e. The van der Waals surface area contributed by atoms with Gasteiger partial charge in [-0.2, -0.15) is 9.76 Å². The molecule has 1 aromatic carbocycles. The van der Waals surface area contributed by atoms with Gasteiger partial charge in [-0.25, -0.2) is 0 Å². The topological polar surface area (TPSA) is 38.3 Å². The second-order valence-corrected chi connectivity index (χ2v) is 8.14. The van der Waals surface area contributed by atoms with Crippen LogP contribution in [0.25, 0.3) is 0 Å². The fourth-order valence-corrected chi connectivity index (χ4v) is 5.82. The molecule has 0 bridgehead atoms. The lowest BCUT2D eigenvalue weighted by atomic mass is 9.85. The number of rotatable bonds is 1. The van der Waals surface area contributed by atoms with E-state index in [2.05, 4.69) is 9.76 Å². The highest BCUT2D eigenvalue weighted by molar-refractivity contribution is 7.72. The number of hydrogen-bond acceptors (Lipinski definition) is 3. The van der Waals surface area contributed by atoms with Crippen LogP contribution in [-0.4, -0.2) is 24.3 Å². The lowest BCUT2D eigenvalue weighted by molar-refractivity contribution is -0.184. The molecule has 4 heteroatoms. The summed E-state index contributed by atoms with van der Waals surface area (Å²) in [5.41, 5.74) is 0. The fourth-order valence-electron chi connectivity index (χ4n) is 3.28. The van der Waals surface area contributed by atoms with Crippen LogP contribution in [0.4, 0.5) is 0 Å². The standard InChI is InChI=1S/C14H21N2OP/c1-16-11-12-7-5-6-10-14(12)15-18(16,17)13-8-3-2-4-9-13/h2-4,8-9,12,14H,5-7,10-11H2,1H3,(H,15,17)/t12-,14+,18?/m1/s1. The Hall–Kier alpha value is -0.470. The molecule has 1 N–H and O–H groups in total. The quantitative estimate of drug-likeness (QED) is 0.782. The summed E-state index contributed by atoms with van der Waals surface area (Å²) >= 11 is 0. The van der Waals surface area contributed by atoms with E-state index in [9.17, 15) is 4.89 Å². The molecule has 1 unspecified atom stereocenters. The minimum atomic E-state index is -2.56. The van der Waals surface area contributed by atoms with Crippen LogP contribution in [0.1, 0.15) is 25.7 Å². The molecule has 3 nitrogen and oxygen atoms in total. The highest BCUT2D eigenvalue weighted by atomic mass is 31.2. The molecule has 98 valence electrons. The molecule has 0 aromatic heterocycles. The Kier molecular flexibility index (Phi) is 3.42. The summed E-state index contributed by atoms with van der Waals surface area (Å²) in [5, 5.41) is 4.42. The maximum atomic E-state index is 13.2. The molecule has 0 radical (unpaired) electrons. The van der Waals surface area contributed by atoms with E-state index in [1.807, 2.05) is 37.4 Å². The van der Waals surface area contributed by atoms with Gasteiger partial charge in [0, 0.05) is 19.6 Å². The lowest BCUT2D eigenvalue weighted by Gasteiger charge is -2.49.